The van der Waals surface area contributed by atoms with Gasteiger partial charge in [0.2, 0.25) is 11.8 Å². The van der Waals surface area contributed by atoms with Crippen molar-refractivity contribution in [3.8, 4) is 0 Å². The molecule has 1 aromatic heterocycles. The summed E-state index contributed by atoms with van der Waals surface area (Å²) in [6.45, 7) is 1.58. The lowest BCUT2D eigenvalue weighted by Crippen LogP contribution is -2.38. The second-order valence-electron chi connectivity index (χ2n) is 5.33. The number of hydrogen-bond acceptors (Lipinski definition) is 4. The number of carbonyl (C=O) groups excluding carboxylic acids is 2. The van der Waals surface area contributed by atoms with Crippen LogP contribution in [0.15, 0.2) is 39.9 Å². The number of nitrogens with two attached hydrogens (primary N) is 1. The first-order valence-electron chi connectivity index (χ1n) is 7.34. The fourth-order valence-corrected chi connectivity index (χ4v) is 2.36. The molecule has 0 aliphatic carbocycles. The Kier molecular flexibility index (Phi) is 5.31. The summed E-state index contributed by atoms with van der Waals surface area (Å²) < 4.78 is 0. The molecule has 2 rings (SSSR count). The summed E-state index contributed by atoms with van der Waals surface area (Å²) in [6.07, 6.45) is 0.108. The van der Waals surface area contributed by atoms with Gasteiger partial charge in [0, 0.05) is 17.7 Å². The summed E-state index contributed by atoms with van der Waals surface area (Å²) in [7, 11) is 0. The van der Waals surface area contributed by atoms with Crippen LogP contribution in [0.25, 0.3) is 0 Å². The molecule has 2 amide bonds. The molecular weight excluding hydrogens is 312 g/mol. The molecule has 1 aromatic carbocycles. The maximum atomic E-state index is 12.1. The van der Waals surface area contributed by atoms with Crippen LogP contribution in [0.1, 0.15) is 29.3 Å². The van der Waals surface area contributed by atoms with Gasteiger partial charge in [-0.25, -0.2) is 4.79 Å². The standard InChI is InChI=1S/C16H18N4O4/c1-9-11(15(23)20-16(24)18-9)7-8-12(21)19-13(14(17)22)10-5-3-2-4-6-10/h2-6,13H,7-8H2,1H3,(H2,17,22)(H,19,21)(H2,18,20,23,24)/t13-/m1/s1. The lowest BCUT2D eigenvalue weighted by atomic mass is 10.1. The van der Waals surface area contributed by atoms with E-state index >= 15 is 0 Å². The third-order valence-corrected chi connectivity index (χ3v) is 3.58. The highest BCUT2D eigenvalue weighted by atomic mass is 16.2. The van der Waals surface area contributed by atoms with Crippen molar-refractivity contribution >= 4 is 11.8 Å². The van der Waals surface area contributed by atoms with Gasteiger partial charge in [-0.3, -0.25) is 19.4 Å². The molecule has 0 saturated heterocycles. The van der Waals surface area contributed by atoms with E-state index < -0.39 is 29.1 Å². The second kappa shape index (κ2) is 7.40. The average molecular weight is 330 g/mol. The molecule has 0 aliphatic heterocycles. The number of rotatable bonds is 6. The van der Waals surface area contributed by atoms with Crippen LogP contribution in [0.4, 0.5) is 0 Å². The first-order chi connectivity index (χ1) is 11.4. The van der Waals surface area contributed by atoms with Crippen LogP contribution in [0.5, 0.6) is 0 Å². The minimum atomic E-state index is -0.936. The number of aryl methyl sites for hydroxylation is 1. The maximum Gasteiger partial charge on any atom is 0.325 e. The van der Waals surface area contributed by atoms with Gasteiger partial charge in [-0.1, -0.05) is 30.3 Å². The lowest BCUT2D eigenvalue weighted by Gasteiger charge is -2.16. The third kappa shape index (κ3) is 4.19. The molecule has 0 spiro atoms. The fraction of sp³-hybridized carbons (Fsp3) is 0.250. The Hall–Kier alpha value is -3.16. The number of aromatic nitrogens is 2. The van der Waals surface area contributed by atoms with Crippen molar-refractivity contribution in [3.63, 3.8) is 0 Å². The molecule has 5 N–H and O–H groups in total. The molecule has 126 valence electrons. The van der Waals surface area contributed by atoms with Crippen molar-refractivity contribution in [2.75, 3.05) is 0 Å². The van der Waals surface area contributed by atoms with Crippen molar-refractivity contribution in [2.24, 2.45) is 5.73 Å². The average Bonchev–Trinajstić information content (AvgIpc) is 2.52. The Labute approximate surface area is 137 Å². The Morgan fingerprint density at radius 1 is 1.17 bits per heavy atom. The predicted molar refractivity (Wildman–Crippen MR) is 87.3 cm³/mol. The highest BCUT2D eigenvalue weighted by Gasteiger charge is 2.20. The summed E-state index contributed by atoms with van der Waals surface area (Å²) >= 11 is 0. The quantitative estimate of drug-likeness (QED) is 0.575. The van der Waals surface area contributed by atoms with Crippen molar-refractivity contribution in [3.05, 3.63) is 68.0 Å². The van der Waals surface area contributed by atoms with Crippen molar-refractivity contribution in [1.82, 2.24) is 15.3 Å². The smallest absolute Gasteiger partial charge is 0.325 e. The zero-order valence-electron chi connectivity index (χ0n) is 13.1. The molecular formula is C16H18N4O4. The normalized spacial score (nSPS) is 11.7. The van der Waals surface area contributed by atoms with E-state index in [9.17, 15) is 19.2 Å². The first kappa shape index (κ1) is 17.2. The van der Waals surface area contributed by atoms with Crippen LogP contribution in [-0.4, -0.2) is 21.8 Å². The van der Waals surface area contributed by atoms with Crippen molar-refractivity contribution < 1.29 is 9.59 Å². The predicted octanol–water partition coefficient (Wildman–Crippen LogP) is -0.353. The summed E-state index contributed by atoms with van der Waals surface area (Å²) in [5.41, 5.74) is 5.53. The molecule has 0 unspecified atom stereocenters. The molecule has 1 atom stereocenters. The summed E-state index contributed by atoms with van der Waals surface area (Å²) in [5, 5.41) is 2.56. The van der Waals surface area contributed by atoms with E-state index in [1.807, 2.05) is 0 Å². The Morgan fingerprint density at radius 3 is 2.42 bits per heavy atom. The molecule has 2 aromatic rings. The number of aromatic amines is 2. The molecule has 0 saturated carbocycles. The number of H-pyrrole nitrogens is 2. The Morgan fingerprint density at radius 2 is 1.83 bits per heavy atom. The van der Waals surface area contributed by atoms with Gasteiger partial charge in [-0.2, -0.15) is 0 Å². The second-order valence-corrected chi connectivity index (χ2v) is 5.33. The van der Waals surface area contributed by atoms with Crippen LogP contribution in [-0.2, 0) is 16.0 Å². The molecule has 0 radical (unpaired) electrons. The van der Waals surface area contributed by atoms with E-state index in [1.165, 1.54) is 0 Å². The molecule has 8 nitrogen and oxygen atoms in total. The Bertz CT molecular complexity index is 854. The summed E-state index contributed by atoms with van der Waals surface area (Å²) in [4.78, 5) is 51.1. The van der Waals surface area contributed by atoms with Crippen LogP contribution < -0.4 is 22.3 Å². The highest BCUT2D eigenvalue weighted by molar-refractivity contribution is 5.87. The summed E-state index contributed by atoms with van der Waals surface area (Å²) in [5.74, 6) is -1.10. The van der Waals surface area contributed by atoms with Crippen molar-refractivity contribution in [1.29, 1.82) is 0 Å². The van der Waals surface area contributed by atoms with Gasteiger partial charge in [-0.05, 0) is 18.9 Å². The monoisotopic (exact) mass is 330 g/mol. The molecule has 24 heavy (non-hydrogen) atoms. The largest absolute Gasteiger partial charge is 0.368 e. The number of nitrogens with one attached hydrogen (secondary N) is 3. The van der Waals surface area contributed by atoms with Gasteiger partial charge in [0.25, 0.3) is 5.56 Å². The SMILES string of the molecule is Cc1[nH]c(=O)[nH]c(=O)c1CCC(=O)N[C@@H](C(N)=O)c1ccccc1. The number of carbonyl (C=O) groups is 2. The number of hydrogen-bond donors (Lipinski definition) is 4. The minimum absolute atomic E-state index is 0.0213. The van der Waals surface area contributed by atoms with E-state index in [0.29, 0.717) is 16.8 Å². The zero-order chi connectivity index (χ0) is 17.7. The highest BCUT2D eigenvalue weighted by Crippen LogP contribution is 2.12. The van der Waals surface area contributed by atoms with E-state index in [-0.39, 0.29) is 12.8 Å². The minimum Gasteiger partial charge on any atom is -0.368 e. The molecule has 0 bridgehead atoms. The van der Waals surface area contributed by atoms with Crippen LogP contribution >= 0.6 is 0 Å². The van der Waals surface area contributed by atoms with Gasteiger partial charge in [0.05, 0.1) is 0 Å². The maximum absolute atomic E-state index is 12.1. The third-order valence-electron chi connectivity index (χ3n) is 3.58. The molecule has 8 heteroatoms. The van der Waals surface area contributed by atoms with Gasteiger partial charge < -0.3 is 16.0 Å². The number of primary amides is 1. The van der Waals surface area contributed by atoms with Gasteiger partial charge in [-0.15, -0.1) is 0 Å². The van der Waals surface area contributed by atoms with E-state index in [2.05, 4.69) is 15.3 Å². The summed E-state index contributed by atoms with van der Waals surface area (Å²) in [6, 6.07) is 7.70. The van der Waals surface area contributed by atoms with Gasteiger partial charge in [0.15, 0.2) is 0 Å². The first-order valence-corrected chi connectivity index (χ1v) is 7.34. The van der Waals surface area contributed by atoms with Crippen LogP contribution in [0, 0.1) is 6.92 Å². The Balaban J connectivity index is 2.06. The topological polar surface area (TPSA) is 138 Å². The lowest BCUT2D eigenvalue weighted by molar-refractivity contribution is -0.127. The van der Waals surface area contributed by atoms with E-state index in [4.69, 9.17) is 5.73 Å². The molecule has 0 fully saturated rings. The molecule has 1 heterocycles. The van der Waals surface area contributed by atoms with Crippen LogP contribution in [0.2, 0.25) is 0 Å². The van der Waals surface area contributed by atoms with E-state index in [1.54, 1.807) is 37.3 Å². The van der Waals surface area contributed by atoms with Crippen molar-refractivity contribution in [2.45, 2.75) is 25.8 Å². The van der Waals surface area contributed by atoms with E-state index in [0.717, 1.165) is 0 Å². The number of benzene rings is 1. The fourth-order valence-electron chi connectivity index (χ4n) is 2.36. The zero-order valence-corrected chi connectivity index (χ0v) is 13.1. The molecule has 0 aliphatic rings. The van der Waals surface area contributed by atoms with Gasteiger partial charge >= 0.3 is 5.69 Å². The van der Waals surface area contributed by atoms with Gasteiger partial charge in [0.1, 0.15) is 6.04 Å². The number of amides is 2. The van der Waals surface area contributed by atoms with Crippen LogP contribution in [0.3, 0.4) is 0 Å².